The fourth-order valence-electron chi connectivity index (χ4n) is 2.06. The van der Waals surface area contributed by atoms with E-state index in [0.717, 1.165) is 11.6 Å². The highest BCUT2D eigenvalue weighted by molar-refractivity contribution is 7.90. The zero-order valence-electron chi connectivity index (χ0n) is 10.5. The lowest BCUT2D eigenvalue weighted by molar-refractivity contribution is 0.494. The maximum absolute atomic E-state index is 11.3. The summed E-state index contributed by atoms with van der Waals surface area (Å²) in [4.78, 5) is 0.368. The molecule has 0 heterocycles. The molecule has 1 N–H and O–H groups in total. The summed E-state index contributed by atoms with van der Waals surface area (Å²) in [5.74, 6) is 0.733. The average Bonchev–Trinajstić information content (AvgIpc) is 2.99. The van der Waals surface area contributed by atoms with Gasteiger partial charge in [-0.2, -0.15) is 0 Å². The van der Waals surface area contributed by atoms with Crippen molar-refractivity contribution >= 4 is 15.5 Å². The van der Waals surface area contributed by atoms with E-state index in [-0.39, 0.29) is 5.54 Å². The van der Waals surface area contributed by atoms with Gasteiger partial charge < -0.3 is 5.32 Å². The van der Waals surface area contributed by atoms with Crippen molar-refractivity contribution in [3.8, 4) is 0 Å². The predicted octanol–water partition coefficient (Wildman–Crippen LogP) is 2.69. The summed E-state index contributed by atoms with van der Waals surface area (Å²) in [6, 6.07) is 6.97. The Morgan fingerprint density at radius 1 is 1.18 bits per heavy atom. The van der Waals surface area contributed by atoms with Crippen LogP contribution in [0.25, 0.3) is 0 Å². The Labute approximate surface area is 103 Å². The van der Waals surface area contributed by atoms with Crippen molar-refractivity contribution in [2.45, 2.75) is 37.1 Å². The van der Waals surface area contributed by atoms with Crippen LogP contribution in [0.15, 0.2) is 29.2 Å². The number of hydrogen-bond donors (Lipinski definition) is 1. The first-order valence-electron chi connectivity index (χ1n) is 5.87. The molecule has 3 nitrogen and oxygen atoms in total. The van der Waals surface area contributed by atoms with Crippen LogP contribution in [0.5, 0.6) is 0 Å². The Balaban J connectivity index is 2.13. The van der Waals surface area contributed by atoms with E-state index in [1.165, 1.54) is 19.1 Å². The van der Waals surface area contributed by atoms with Crippen LogP contribution < -0.4 is 5.32 Å². The largest absolute Gasteiger partial charge is 0.380 e. The van der Waals surface area contributed by atoms with Crippen LogP contribution in [0.4, 0.5) is 5.69 Å². The van der Waals surface area contributed by atoms with Gasteiger partial charge >= 0.3 is 0 Å². The third kappa shape index (κ3) is 3.00. The van der Waals surface area contributed by atoms with E-state index < -0.39 is 9.84 Å². The second-order valence-corrected chi connectivity index (χ2v) is 7.43. The monoisotopic (exact) mass is 253 g/mol. The summed E-state index contributed by atoms with van der Waals surface area (Å²) in [6.07, 6.45) is 3.78. The summed E-state index contributed by atoms with van der Waals surface area (Å²) in [5, 5.41) is 3.46. The molecule has 1 saturated carbocycles. The molecule has 1 aromatic rings. The van der Waals surface area contributed by atoms with Crippen LogP contribution in [0.2, 0.25) is 0 Å². The molecular weight excluding hydrogens is 234 g/mol. The molecule has 1 aliphatic carbocycles. The van der Waals surface area contributed by atoms with Crippen LogP contribution in [-0.2, 0) is 9.84 Å². The lowest BCUT2D eigenvalue weighted by Crippen LogP contribution is -2.33. The Morgan fingerprint density at radius 3 is 2.12 bits per heavy atom. The predicted molar refractivity (Wildman–Crippen MR) is 70.0 cm³/mol. The van der Waals surface area contributed by atoms with Gasteiger partial charge in [0.15, 0.2) is 9.84 Å². The summed E-state index contributed by atoms with van der Waals surface area (Å²) in [6.45, 7) is 4.38. The molecule has 0 spiro atoms. The highest BCUT2D eigenvalue weighted by atomic mass is 32.2. The van der Waals surface area contributed by atoms with Crippen molar-refractivity contribution < 1.29 is 8.42 Å². The van der Waals surface area contributed by atoms with Crippen LogP contribution in [0.3, 0.4) is 0 Å². The van der Waals surface area contributed by atoms with Crippen LogP contribution in [0, 0.1) is 5.92 Å². The molecule has 0 radical (unpaired) electrons. The normalized spacial score (nSPS) is 16.9. The van der Waals surface area contributed by atoms with E-state index in [9.17, 15) is 8.42 Å². The maximum Gasteiger partial charge on any atom is 0.175 e. The number of rotatable bonds is 4. The van der Waals surface area contributed by atoms with Gasteiger partial charge in [0.2, 0.25) is 0 Å². The molecule has 4 heteroatoms. The van der Waals surface area contributed by atoms with E-state index in [4.69, 9.17) is 0 Å². The third-order valence-electron chi connectivity index (χ3n) is 3.35. The van der Waals surface area contributed by atoms with Crippen molar-refractivity contribution in [1.29, 1.82) is 0 Å². The summed E-state index contributed by atoms with van der Waals surface area (Å²) in [5.41, 5.74) is 1.07. The first kappa shape index (κ1) is 12.4. The fourth-order valence-corrected chi connectivity index (χ4v) is 2.70. The molecule has 1 aromatic carbocycles. The third-order valence-corrected chi connectivity index (χ3v) is 4.48. The Kier molecular flexibility index (Phi) is 2.94. The van der Waals surface area contributed by atoms with E-state index >= 15 is 0 Å². The standard InChI is InChI=1S/C13H19NO2S/c1-13(2,10-4-5-10)14-11-6-8-12(9-7-11)17(3,15)16/h6-10,14H,4-5H2,1-3H3. The van der Waals surface area contributed by atoms with E-state index in [2.05, 4.69) is 19.2 Å². The molecule has 0 unspecified atom stereocenters. The average molecular weight is 253 g/mol. The number of benzene rings is 1. The van der Waals surface area contributed by atoms with Crippen molar-refractivity contribution in [2.75, 3.05) is 11.6 Å². The molecule has 17 heavy (non-hydrogen) atoms. The van der Waals surface area contributed by atoms with Crippen molar-refractivity contribution in [3.05, 3.63) is 24.3 Å². The zero-order chi connectivity index (χ0) is 12.7. The van der Waals surface area contributed by atoms with Crippen LogP contribution in [-0.4, -0.2) is 20.2 Å². The lowest BCUT2D eigenvalue weighted by atomic mass is 9.98. The zero-order valence-corrected chi connectivity index (χ0v) is 11.3. The van der Waals surface area contributed by atoms with Gasteiger partial charge in [-0.1, -0.05) is 0 Å². The Morgan fingerprint density at radius 2 is 1.71 bits per heavy atom. The second-order valence-electron chi connectivity index (χ2n) is 5.42. The molecule has 0 amide bonds. The number of hydrogen-bond acceptors (Lipinski definition) is 3. The second kappa shape index (κ2) is 4.02. The summed E-state index contributed by atoms with van der Waals surface area (Å²) >= 11 is 0. The van der Waals surface area contributed by atoms with Gasteiger partial charge in [-0.05, 0) is 56.9 Å². The molecule has 1 aliphatic rings. The summed E-state index contributed by atoms with van der Waals surface area (Å²) < 4.78 is 22.7. The van der Waals surface area contributed by atoms with E-state index in [0.29, 0.717) is 4.90 Å². The highest BCUT2D eigenvalue weighted by Crippen LogP contribution is 2.41. The van der Waals surface area contributed by atoms with Gasteiger partial charge in [-0.3, -0.25) is 0 Å². The highest BCUT2D eigenvalue weighted by Gasteiger charge is 2.37. The molecule has 94 valence electrons. The van der Waals surface area contributed by atoms with E-state index in [1.807, 2.05) is 12.1 Å². The first-order valence-corrected chi connectivity index (χ1v) is 7.76. The van der Waals surface area contributed by atoms with Crippen molar-refractivity contribution in [2.24, 2.45) is 5.92 Å². The molecule has 0 atom stereocenters. The SMILES string of the molecule is CC(C)(Nc1ccc(S(C)(=O)=O)cc1)C1CC1. The van der Waals surface area contributed by atoms with Crippen molar-refractivity contribution in [3.63, 3.8) is 0 Å². The quantitative estimate of drug-likeness (QED) is 0.897. The van der Waals surface area contributed by atoms with Crippen LogP contribution >= 0.6 is 0 Å². The lowest BCUT2D eigenvalue weighted by Gasteiger charge is -2.27. The van der Waals surface area contributed by atoms with Gasteiger partial charge in [0, 0.05) is 17.5 Å². The number of nitrogens with one attached hydrogen (secondary N) is 1. The van der Waals surface area contributed by atoms with Gasteiger partial charge in [0.1, 0.15) is 0 Å². The molecule has 2 rings (SSSR count). The fraction of sp³-hybridized carbons (Fsp3) is 0.538. The minimum absolute atomic E-state index is 0.0899. The Hall–Kier alpha value is -1.03. The summed E-state index contributed by atoms with van der Waals surface area (Å²) in [7, 11) is -3.10. The minimum Gasteiger partial charge on any atom is -0.380 e. The molecule has 0 aliphatic heterocycles. The Bertz CT molecular complexity index is 499. The molecule has 0 bridgehead atoms. The topological polar surface area (TPSA) is 46.2 Å². The molecular formula is C13H19NO2S. The van der Waals surface area contributed by atoms with E-state index in [1.54, 1.807) is 12.1 Å². The first-order chi connectivity index (χ1) is 7.79. The number of sulfone groups is 1. The molecule has 1 fully saturated rings. The van der Waals surface area contributed by atoms with Gasteiger partial charge in [-0.15, -0.1) is 0 Å². The molecule has 0 aromatic heterocycles. The molecule has 0 saturated heterocycles. The van der Waals surface area contributed by atoms with Gasteiger partial charge in [0.05, 0.1) is 4.90 Å². The minimum atomic E-state index is -3.10. The number of anilines is 1. The van der Waals surface area contributed by atoms with Crippen LogP contribution in [0.1, 0.15) is 26.7 Å². The van der Waals surface area contributed by atoms with Gasteiger partial charge in [-0.25, -0.2) is 8.42 Å². The smallest absolute Gasteiger partial charge is 0.175 e. The van der Waals surface area contributed by atoms with Gasteiger partial charge in [0.25, 0.3) is 0 Å². The maximum atomic E-state index is 11.3. The van der Waals surface area contributed by atoms with Crippen molar-refractivity contribution in [1.82, 2.24) is 0 Å².